The van der Waals surface area contributed by atoms with Crippen LogP contribution in [0.3, 0.4) is 0 Å². The average Bonchev–Trinajstić information content (AvgIpc) is 2.71. The Morgan fingerprint density at radius 1 is 1.50 bits per heavy atom. The van der Waals surface area contributed by atoms with Crippen molar-refractivity contribution in [3.8, 4) is 5.69 Å². The van der Waals surface area contributed by atoms with E-state index in [0.717, 1.165) is 11.4 Å². The van der Waals surface area contributed by atoms with Gasteiger partial charge in [0.25, 0.3) is 0 Å². The zero-order chi connectivity index (χ0) is 11.7. The lowest BCUT2D eigenvalue weighted by atomic mass is 10.2. The van der Waals surface area contributed by atoms with Gasteiger partial charge in [-0.15, -0.1) is 0 Å². The number of rotatable bonds is 2. The summed E-state index contributed by atoms with van der Waals surface area (Å²) in [4.78, 5) is 4.02. The Morgan fingerprint density at radius 3 is 2.88 bits per heavy atom. The molecule has 0 spiro atoms. The summed E-state index contributed by atoms with van der Waals surface area (Å²) < 4.78 is 14.8. The summed E-state index contributed by atoms with van der Waals surface area (Å²) in [6, 6.07) is 4.35. The quantitative estimate of drug-likeness (QED) is 0.876. The first-order chi connectivity index (χ1) is 7.59. The van der Waals surface area contributed by atoms with E-state index in [9.17, 15) is 4.39 Å². The third-order valence-electron chi connectivity index (χ3n) is 2.31. The number of nitrogens with two attached hydrogens (primary N) is 1. The minimum Gasteiger partial charge on any atom is -0.323 e. The number of nitrogens with zero attached hydrogens (tertiary/aromatic N) is 2. The SMILES string of the molecule is CC(N)c1cncn1-c1ccc(F)c(Cl)c1. The van der Waals surface area contributed by atoms with Gasteiger partial charge < -0.3 is 10.3 Å². The van der Waals surface area contributed by atoms with E-state index in [1.165, 1.54) is 6.07 Å². The molecule has 1 atom stereocenters. The fraction of sp³-hybridized carbons (Fsp3) is 0.182. The molecule has 0 saturated carbocycles. The van der Waals surface area contributed by atoms with Gasteiger partial charge in [0.1, 0.15) is 5.82 Å². The molecule has 84 valence electrons. The lowest BCUT2D eigenvalue weighted by Crippen LogP contribution is -2.10. The number of imidazole rings is 1. The highest BCUT2D eigenvalue weighted by molar-refractivity contribution is 6.30. The summed E-state index contributed by atoms with van der Waals surface area (Å²) >= 11 is 5.72. The van der Waals surface area contributed by atoms with E-state index < -0.39 is 5.82 Å². The Bertz CT molecular complexity index is 508. The van der Waals surface area contributed by atoms with Crippen molar-refractivity contribution in [2.75, 3.05) is 0 Å². The Labute approximate surface area is 97.7 Å². The van der Waals surface area contributed by atoms with Crippen molar-refractivity contribution in [1.82, 2.24) is 9.55 Å². The van der Waals surface area contributed by atoms with Crippen LogP contribution in [0.2, 0.25) is 5.02 Å². The molecule has 2 rings (SSSR count). The molecule has 1 aromatic heterocycles. The molecular weight excluding hydrogens is 229 g/mol. The zero-order valence-corrected chi connectivity index (χ0v) is 9.45. The van der Waals surface area contributed by atoms with Crippen LogP contribution in [0, 0.1) is 5.82 Å². The molecule has 16 heavy (non-hydrogen) atoms. The molecule has 2 aromatic rings. The fourth-order valence-corrected chi connectivity index (χ4v) is 1.67. The van der Waals surface area contributed by atoms with Crippen molar-refractivity contribution in [3.05, 3.63) is 47.3 Å². The number of halogens is 2. The first-order valence-corrected chi connectivity index (χ1v) is 5.20. The molecule has 1 unspecified atom stereocenters. The predicted molar refractivity (Wildman–Crippen MR) is 61.1 cm³/mol. The van der Waals surface area contributed by atoms with E-state index >= 15 is 0 Å². The van der Waals surface area contributed by atoms with Gasteiger partial charge >= 0.3 is 0 Å². The molecule has 1 aromatic carbocycles. The second kappa shape index (κ2) is 4.23. The highest BCUT2D eigenvalue weighted by Gasteiger charge is 2.09. The van der Waals surface area contributed by atoms with Gasteiger partial charge in [-0.3, -0.25) is 0 Å². The van der Waals surface area contributed by atoms with Crippen LogP contribution in [0.5, 0.6) is 0 Å². The van der Waals surface area contributed by atoms with Crippen LogP contribution in [0.1, 0.15) is 18.7 Å². The van der Waals surface area contributed by atoms with Gasteiger partial charge in [0.05, 0.1) is 23.2 Å². The van der Waals surface area contributed by atoms with Gasteiger partial charge in [-0.25, -0.2) is 9.37 Å². The summed E-state index contributed by atoms with van der Waals surface area (Å²) in [5.41, 5.74) is 7.39. The molecule has 0 fully saturated rings. The molecule has 1 heterocycles. The van der Waals surface area contributed by atoms with E-state index in [0.29, 0.717) is 0 Å². The molecule has 0 aliphatic rings. The van der Waals surface area contributed by atoms with Crippen molar-refractivity contribution in [2.45, 2.75) is 13.0 Å². The molecule has 0 amide bonds. The lowest BCUT2D eigenvalue weighted by Gasteiger charge is -2.11. The van der Waals surface area contributed by atoms with Crippen molar-refractivity contribution in [1.29, 1.82) is 0 Å². The molecule has 0 aliphatic carbocycles. The summed E-state index contributed by atoms with van der Waals surface area (Å²) in [6.45, 7) is 1.86. The summed E-state index contributed by atoms with van der Waals surface area (Å²) in [5, 5.41) is 0.0850. The summed E-state index contributed by atoms with van der Waals surface area (Å²) in [7, 11) is 0. The van der Waals surface area contributed by atoms with E-state index in [1.54, 1.807) is 29.2 Å². The highest BCUT2D eigenvalue weighted by atomic mass is 35.5. The van der Waals surface area contributed by atoms with Crippen LogP contribution in [-0.4, -0.2) is 9.55 Å². The number of benzene rings is 1. The number of hydrogen-bond donors (Lipinski definition) is 1. The molecule has 5 heteroatoms. The predicted octanol–water partition coefficient (Wildman–Crippen LogP) is 2.68. The first kappa shape index (κ1) is 11.1. The average molecular weight is 240 g/mol. The van der Waals surface area contributed by atoms with Gasteiger partial charge in [-0.2, -0.15) is 0 Å². The summed E-state index contributed by atoms with van der Waals surface area (Å²) in [6.07, 6.45) is 3.31. The number of aromatic nitrogens is 2. The standard InChI is InChI=1S/C11H11ClFN3/c1-7(14)11-5-15-6-16(11)8-2-3-10(13)9(12)4-8/h2-7H,14H2,1H3. The maximum atomic E-state index is 13.0. The van der Waals surface area contributed by atoms with Gasteiger partial charge in [-0.05, 0) is 25.1 Å². The zero-order valence-electron chi connectivity index (χ0n) is 8.69. The molecule has 2 N–H and O–H groups in total. The van der Waals surface area contributed by atoms with Crippen LogP contribution < -0.4 is 5.73 Å². The van der Waals surface area contributed by atoms with Gasteiger partial charge in [0.2, 0.25) is 0 Å². The molecule has 0 bridgehead atoms. The Kier molecular flexibility index (Phi) is 2.94. The van der Waals surface area contributed by atoms with Gasteiger partial charge in [0, 0.05) is 11.7 Å². The minimum absolute atomic E-state index is 0.0850. The van der Waals surface area contributed by atoms with E-state index in [4.69, 9.17) is 17.3 Å². The normalized spacial score (nSPS) is 12.8. The molecule has 3 nitrogen and oxygen atoms in total. The Balaban J connectivity index is 2.50. The smallest absolute Gasteiger partial charge is 0.141 e. The number of hydrogen-bond acceptors (Lipinski definition) is 2. The van der Waals surface area contributed by atoms with Crippen molar-refractivity contribution in [3.63, 3.8) is 0 Å². The largest absolute Gasteiger partial charge is 0.323 e. The molecular formula is C11H11ClFN3. The monoisotopic (exact) mass is 239 g/mol. The Morgan fingerprint density at radius 2 is 2.25 bits per heavy atom. The van der Waals surface area contributed by atoms with Crippen molar-refractivity contribution < 1.29 is 4.39 Å². The van der Waals surface area contributed by atoms with Crippen LogP contribution >= 0.6 is 11.6 Å². The Hall–Kier alpha value is -1.39. The van der Waals surface area contributed by atoms with E-state index in [-0.39, 0.29) is 11.1 Å². The van der Waals surface area contributed by atoms with Crippen LogP contribution in [-0.2, 0) is 0 Å². The molecule has 0 saturated heterocycles. The second-order valence-corrected chi connectivity index (χ2v) is 3.98. The van der Waals surface area contributed by atoms with Crippen LogP contribution in [0.4, 0.5) is 4.39 Å². The second-order valence-electron chi connectivity index (χ2n) is 3.58. The van der Waals surface area contributed by atoms with Crippen molar-refractivity contribution in [2.24, 2.45) is 5.73 Å². The topological polar surface area (TPSA) is 43.8 Å². The van der Waals surface area contributed by atoms with Crippen LogP contribution in [0.25, 0.3) is 5.69 Å². The van der Waals surface area contributed by atoms with Gasteiger partial charge in [-0.1, -0.05) is 11.6 Å². The van der Waals surface area contributed by atoms with Crippen molar-refractivity contribution >= 4 is 11.6 Å². The van der Waals surface area contributed by atoms with E-state index in [2.05, 4.69) is 4.98 Å². The van der Waals surface area contributed by atoms with Crippen LogP contribution in [0.15, 0.2) is 30.7 Å². The maximum absolute atomic E-state index is 13.0. The van der Waals surface area contributed by atoms with Gasteiger partial charge in [0.15, 0.2) is 0 Å². The molecule has 0 radical (unpaired) electrons. The third kappa shape index (κ3) is 1.94. The third-order valence-corrected chi connectivity index (χ3v) is 2.60. The maximum Gasteiger partial charge on any atom is 0.141 e. The highest BCUT2D eigenvalue weighted by Crippen LogP contribution is 2.21. The van der Waals surface area contributed by atoms with E-state index in [1.807, 2.05) is 6.92 Å². The fourth-order valence-electron chi connectivity index (χ4n) is 1.49. The first-order valence-electron chi connectivity index (χ1n) is 4.83. The minimum atomic E-state index is -0.437. The molecule has 0 aliphatic heterocycles. The lowest BCUT2D eigenvalue weighted by molar-refractivity contribution is 0.627. The summed E-state index contributed by atoms with van der Waals surface area (Å²) in [5.74, 6) is -0.437.